The number of thiophene rings is 1. The normalized spacial score (nSPS) is 24.9. The Hall–Kier alpha value is -1.40. The highest BCUT2D eigenvalue weighted by molar-refractivity contribution is 7.12. The number of likely N-dealkylation sites (tertiary alicyclic amines) is 2. The molecule has 0 radical (unpaired) electrons. The molecule has 2 unspecified atom stereocenters. The summed E-state index contributed by atoms with van der Waals surface area (Å²) in [6, 6.07) is 4.38. The van der Waals surface area contributed by atoms with Gasteiger partial charge in [0.15, 0.2) is 0 Å². The molecule has 138 valence electrons. The van der Waals surface area contributed by atoms with Crippen LogP contribution in [-0.2, 0) is 4.79 Å². The molecule has 2 aliphatic rings. The number of piperidine rings is 2. The van der Waals surface area contributed by atoms with Crippen LogP contribution < -0.4 is 5.32 Å². The van der Waals surface area contributed by atoms with E-state index in [1.54, 1.807) is 0 Å². The fourth-order valence-electron chi connectivity index (χ4n) is 3.89. The molecule has 1 aromatic rings. The van der Waals surface area contributed by atoms with E-state index in [-0.39, 0.29) is 17.7 Å². The van der Waals surface area contributed by atoms with E-state index in [1.165, 1.54) is 30.6 Å². The van der Waals surface area contributed by atoms with E-state index in [0.29, 0.717) is 19.1 Å². The van der Waals surface area contributed by atoms with Gasteiger partial charge in [-0.15, -0.1) is 11.3 Å². The average Bonchev–Trinajstić information content (AvgIpc) is 3.17. The Balaban J connectivity index is 1.44. The molecule has 6 heteroatoms. The van der Waals surface area contributed by atoms with Gasteiger partial charge in [-0.2, -0.15) is 0 Å². The Morgan fingerprint density at radius 2 is 2.12 bits per heavy atom. The lowest BCUT2D eigenvalue weighted by Crippen LogP contribution is -2.47. The molecule has 25 heavy (non-hydrogen) atoms. The molecular formula is C19H29N3O2S. The van der Waals surface area contributed by atoms with Gasteiger partial charge in [0.25, 0.3) is 5.91 Å². The fourth-order valence-corrected chi connectivity index (χ4v) is 4.58. The molecule has 3 heterocycles. The van der Waals surface area contributed by atoms with Crippen LogP contribution in [0.15, 0.2) is 17.5 Å². The average molecular weight is 364 g/mol. The summed E-state index contributed by atoms with van der Waals surface area (Å²) in [6.45, 7) is 6.35. The minimum absolute atomic E-state index is 0.0645. The molecule has 3 rings (SSSR count). The van der Waals surface area contributed by atoms with Gasteiger partial charge in [0.1, 0.15) is 0 Å². The largest absolute Gasteiger partial charge is 0.355 e. The number of carbonyl (C=O) groups is 2. The Labute approximate surface area is 154 Å². The Kier molecular flexibility index (Phi) is 6.48. The summed E-state index contributed by atoms with van der Waals surface area (Å²) in [5.74, 6) is 0.0967. The summed E-state index contributed by atoms with van der Waals surface area (Å²) >= 11 is 1.47. The lowest BCUT2D eigenvalue weighted by Gasteiger charge is -2.34. The molecule has 2 atom stereocenters. The van der Waals surface area contributed by atoms with Crippen LogP contribution in [0, 0.1) is 5.92 Å². The highest BCUT2D eigenvalue weighted by Gasteiger charge is 2.29. The van der Waals surface area contributed by atoms with Crippen LogP contribution in [0.2, 0.25) is 0 Å². The Morgan fingerprint density at radius 3 is 2.88 bits per heavy atom. The van der Waals surface area contributed by atoms with Crippen molar-refractivity contribution in [3.05, 3.63) is 22.4 Å². The second kappa shape index (κ2) is 8.81. The SMILES string of the molecule is CC1CCCCN1CCNC(=O)C1CCCN(C(=O)c2cccs2)C1. The lowest BCUT2D eigenvalue weighted by atomic mass is 9.97. The van der Waals surface area contributed by atoms with E-state index in [4.69, 9.17) is 0 Å². The van der Waals surface area contributed by atoms with Gasteiger partial charge in [0.2, 0.25) is 5.91 Å². The van der Waals surface area contributed by atoms with Crippen LogP contribution in [0.4, 0.5) is 0 Å². The first-order valence-electron chi connectivity index (χ1n) is 9.49. The number of rotatable bonds is 5. The number of amides is 2. The van der Waals surface area contributed by atoms with Gasteiger partial charge in [-0.3, -0.25) is 14.5 Å². The maximum atomic E-state index is 12.5. The second-order valence-electron chi connectivity index (χ2n) is 7.24. The number of hydrogen-bond donors (Lipinski definition) is 1. The van der Waals surface area contributed by atoms with E-state index in [9.17, 15) is 9.59 Å². The van der Waals surface area contributed by atoms with Gasteiger partial charge < -0.3 is 10.2 Å². The van der Waals surface area contributed by atoms with Gasteiger partial charge in [-0.25, -0.2) is 0 Å². The molecule has 0 spiro atoms. The molecule has 0 bridgehead atoms. The smallest absolute Gasteiger partial charge is 0.263 e. The Morgan fingerprint density at radius 1 is 1.24 bits per heavy atom. The molecule has 2 saturated heterocycles. The highest BCUT2D eigenvalue weighted by Crippen LogP contribution is 2.21. The van der Waals surface area contributed by atoms with Gasteiger partial charge in [0, 0.05) is 32.2 Å². The van der Waals surface area contributed by atoms with Crippen molar-refractivity contribution in [2.75, 3.05) is 32.7 Å². The molecule has 5 nitrogen and oxygen atoms in total. The summed E-state index contributed by atoms with van der Waals surface area (Å²) in [5, 5.41) is 5.02. The van der Waals surface area contributed by atoms with E-state index in [0.717, 1.165) is 37.4 Å². The van der Waals surface area contributed by atoms with Gasteiger partial charge in [-0.05, 0) is 50.6 Å². The first-order valence-corrected chi connectivity index (χ1v) is 10.4. The van der Waals surface area contributed by atoms with Crippen LogP contribution >= 0.6 is 11.3 Å². The van der Waals surface area contributed by atoms with Gasteiger partial charge >= 0.3 is 0 Å². The molecule has 0 aromatic carbocycles. The standard InChI is InChI=1S/C19H29N3O2S/c1-15-6-2-3-10-21(15)12-9-20-18(23)16-7-4-11-22(14-16)19(24)17-8-5-13-25-17/h5,8,13,15-16H,2-4,6-7,9-12,14H2,1H3,(H,20,23). The molecule has 1 aromatic heterocycles. The monoisotopic (exact) mass is 363 g/mol. The summed E-state index contributed by atoms with van der Waals surface area (Å²) in [5.41, 5.74) is 0. The highest BCUT2D eigenvalue weighted by atomic mass is 32.1. The quantitative estimate of drug-likeness (QED) is 0.875. The van der Waals surface area contributed by atoms with Crippen LogP contribution in [0.5, 0.6) is 0 Å². The van der Waals surface area contributed by atoms with E-state index < -0.39 is 0 Å². The molecule has 1 N–H and O–H groups in total. The van der Waals surface area contributed by atoms with Crippen molar-refractivity contribution in [1.82, 2.24) is 15.1 Å². The zero-order valence-electron chi connectivity index (χ0n) is 15.1. The molecule has 0 aliphatic carbocycles. The first-order chi connectivity index (χ1) is 12.1. The molecular weight excluding hydrogens is 334 g/mol. The summed E-state index contributed by atoms with van der Waals surface area (Å²) in [7, 11) is 0. The topological polar surface area (TPSA) is 52.7 Å². The predicted molar refractivity (Wildman–Crippen MR) is 101 cm³/mol. The van der Waals surface area contributed by atoms with Crippen molar-refractivity contribution >= 4 is 23.2 Å². The second-order valence-corrected chi connectivity index (χ2v) is 8.19. The third-order valence-electron chi connectivity index (χ3n) is 5.45. The minimum Gasteiger partial charge on any atom is -0.355 e. The Bertz CT molecular complexity index is 575. The zero-order chi connectivity index (χ0) is 17.6. The number of carbonyl (C=O) groups excluding carboxylic acids is 2. The molecule has 0 saturated carbocycles. The van der Waals surface area contributed by atoms with Crippen molar-refractivity contribution in [2.45, 2.75) is 45.1 Å². The van der Waals surface area contributed by atoms with E-state index in [2.05, 4.69) is 17.1 Å². The minimum atomic E-state index is -0.0727. The maximum Gasteiger partial charge on any atom is 0.263 e. The zero-order valence-corrected chi connectivity index (χ0v) is 15.9. The molecule has 2 amide bonds. The third kappa shape index (κ3) is 4.82. The van der Waals surface area contributed by atoms with Crippen molar-refractivity contribution in [3.63, 3.8) is 0 Å². The van der Waals surface area contributed by atoms with Crippen molar-refractivity contribution in [1.29, 1.82) is 0 Å². The van der Waals surface area contributed by atoms with Crippen LogP contribution in [0.3, 0.4) is 0 Å². The van der Waals surface area contributed by atoms with Crippen molar-refractivity contribution in [3.8, 4) is 0 Å². The van der Waals surface area contributed by atoms with Crippen LogP contribution in [0.1, 0.15) is 48.7 Å². The third-order valence-corrected chi connectivity index (χ3v) is 6.31. The predicted octanol–water partition coefficient (Wildman–Crippen LogP) is 2.59. The summed E-state index contributed by atoms with van der Waals surface area (Å²) in [6.07, 6.45) is 5.62. The molecule has 2 aliphatic heterocycles. The van der Waals surface area contributed by atoms with Crippen molar-refractivity contribution < 1.29 is 9.59 Å². The van der Waals surface area contributed by atoms with E-state index in [1.807, 2.05) is 22.4 Å². The number of nitrogens with zero attached hydrogens (tertiary/aromatic N) is 2. The van der Waals surface area contributed by atoms with Gasteiger partial charge in [-0.1, -0.05) is 12.5 Å². The van der Waals surface area contributed by atoms with Crippen molar-refractivity contribution in [2.24, 2.45) is 5.92 Å². The van der Waals surface area contributed by atoms with Crippen LogP contribution in [0.25, 0.3) is 0 Å². The molecule has 2 fully saturated rings. The lowest BCUT2D eigenvalue weighted by molar-refractivity contribution is -0.126. The summed E-state index contributed by atoms with van der Waals surface area (Å²) < 4.78 is 0. The maximum absolute atomic E-state index is 12.5. The fraction of sp³-hybridized carbons (Fsp3) is 0.684. The van der Waals surface area contributed by atoms with Crippen LogP contribution in [-0.4, -0.2) is 60.4 Å². The van der Waals surface area contributed by atoms with E-state index >= 15 is 0 Å². The number of nitrogens with one attached hydrogen (secondary N) is 1. The first kappa shape index (κ1) is 18.4. The van der Waals surface area contributed by atoms with Gasteiger partial charge in [0.05, 0.1) is 10.8 Å². The number of hydrogen-bond acceptors (Lipinski definition) is 4. The summed E-state index contributed by atoms with van der Waals surface area (Å²) in [4.78, 5) is 30.1.